The molecular weight excluding hydrogens is 192 g/mol. The van der Waals surface area contributed by atoms with Crippen LogP contribution in [0.2, 0.25) is 0 Å². The minimum absolute atomic E-state index is 0.428. The van der Waals surface area contributed by atoms with Crippen molar-refractivity contribution in [1.82, 2.24) is 4.98 Å². The maximum Gasteiger partial charge on any atom is 0.0928 e. The van der Waals surface area contributed by atoms with Gasteiger partial charge in [0.25, 0.3) is 0 Å². The van der Waals surface area contributed by atoms with Gasteiger partial charge in [-0.25, -0.2) is 4.98 Å². The molecule has 0 saturated carbocycles. The lowest BCUT2D eigenvalue weighted by Crippen LogP contribution is -2.18. The Morgan fingerprint density at radius 3 is 2.71 bits per heavy atom. The second-order valence-corrected chi connectivity index (χ2v) is 4.94. The molecule has 0 saturated heterocycles. The summed E-state index contributed by atoms with van der Waals surface area (Å²) >= 11 is 1.77. The van der Waals surface area contributed by atoms with Gasteiger partial charge in [-0.2, -0.15) is 0 Å². The molecule has 2 nitrogen and oxygen atoms in total. The monoisotopic (exact) mass is 212 g/mol. The number of thiazole rings is 1. The molecule has 0 aliphatic heterocycles. The molecule has 2 N–H and O–H groups in total. The van der Waals surface area contributed by atoms with E-state index in [0.29, 0.717) is 18.4 Å². The molecule has 1 unspecified atom stereocenters. The summed E-state index contributed by atoms with van der Waals surface area (Å²) in [6.45, 7) is 7.30. The van der Waals surface area contributed by atoms with Gasteiger partial charge in [-0.05, 0) is 18.8 Å². The van der Waals surface area contributed by atoms with Crippen molar-refractivity contribution in [1.29, 1.82) is 0 Å². The Hall–Kier alpha value is -0.410. The Kier molecular flexibility index (Phi) is 4.55. The van der Waals surface area contributed by atoms with Crippen LogP contribution in [-0.4, -0.2) is 11.5 Å². The van der Waals surface area contributed by atoms with Gasteiger partial charge in [-0.1, -0.05) is 20.8 Å². The highest BCUT2D eigenvalue weighted by molar-refractivity contribution is 7.09. The van der Waals surface area contributed by atoms with Crippen LogP contribution in [0.5, 0.6) is 0 Å². The Labute approximate surface area is 90.6 Å². The number of rotatable bonds is 5. The molecule has 0 aromatic carbocycles. The normalized spacial score (nSPS) is 13.5. The molecule has 3 heteroatoms. The molecular formula is C11H20N2S. The van der Waals surface area contributed by atoms with Crippen LogP contribution in [0, 0.1) is 5.92 Å². The van der Waals surface area contributed by atoms with E-state index in [4.69, 9.17) is 5.73 Å². The number of nitrogens with zero attached hydrogens (tertiary/aromatic N) is 1. The Balaban J connectivity index is 2.73. The van der Waals surface area contributed by atoms with Crippen LogP contribution >= 0.6 is 11.3 Å². The third-order valence-electron chi connectivity index (χ3n) is 2.47. The summed E-state index contributed by atoms with van der Waals surface area (Å²) < 4.78 is 0. The zero-order valence-corrected chi connectivity index (χ0v) is 10.1. The van der Waals surface area contributed by atoms with E-state index < -0.39 is 0 Å². The predicted octanol–water partition coefficient (Wildman–Crippen LogP) is 2.79. The maximum atomic E-state index is 5.75. The standard InChI is InChI=1S/C11H20N2S/c1-4-5-11-13-10(7-14-11)9(6-12)8(2)3/h7-9H,4-6,12H2,1-3H3. The molecule has 0 radical (unpaired) electrons. The van der Waals surface area contributed by atoms with E-state index in [0.717, 1.165) is 6.42 Å². The van der Waals surface area contributed by atoms with E-state index in [2.05, 4.69) is 31.1 Å². The molecule has 0 amide bonds. The molecule has 1 aromatic rings. The second-order valence-electron chi connectivity index (χ2n) is 4.00. The van der Waals surface area contributed by atoms with E-state index >= 15 is 0 Å². The first kappa shape index (κ1) is 11.7. The predicted molar refractivity (Wildman–Crippen MR) is 62.7 cm³/mol. The summed E-state index contributed by atoms with van der Waals surface area (Å²) in [4.78, 5) is 4.63. The Bertz CT molecular complexity index is 268. The zero-order valence-electron chi connectivity index (χ0n) is 9.29. The van der Waals surface area contributed by atoms with E-state index in [1.54, 1.807) is 11.3 Å². The average Bonchev–Trinajstić information content (AvgIpc) is 2.54. The lowest BCUT2D eigenvalue weighted by atomic mass is 9.93. The Morgan fingerprint density at radius 2 is 2.21 bits per heavy atom. The summed E-state index contributed by atoms with van der Waals surface area (Å²) in [5.74, 6) is 1.01. The molecule has 0 spiro atoms. The van der Waals surface area contributed by atoms with Gasteiger partial charge in [0.15, 0.2) is 0 Å². The minimum Gasteiger partial charge on any atom is -0.330 e. The molecule has 1 atom stereocenters. The quantitative estimate of drug-likeness (QED) is 0.815. The van der Waals surface area contributed by atoms with Crippen molar-refractivity contribution < 1.29 is 0 Å². The topological polar surface area (TPSA) is 38.9 Å². The molecule has 1 rings (SSSR count). The number of hydrogen-bond acceptors (Lipinski definition) is 3. The van der Waals surface area contributed by atoms with Gasteiger partial charge in [-0.3, -0.25) is 0 Å². The molecule has 0 aliphatic carbocycles. The zero-order chi connectivity index (χ0) is 10.6. The Morgan fingerprint density at radius 1 is 1.50 bits per heavy atom. The van der Waals surface area contributed by atoms with Gasteiger partial charge in [0.1, 0.15) is 0 Å². The van der Waals surface area contributed by atoms with E-state index in [-0.39, 0.29) is 0 Å². The van der Waals surface area contributed by atoms with Gasteiger partial charge in [0.05, 0.1) is 10.7 Å². The van der Waals surface area contributed by atoms with Crippen molar-refractivity contribution in [3.63, 3.8) is 0 Å². The summed E-state index contributed by atoms with van der Waals surface area (Å²) in [5.41, 5.74) is 6.94. The van der Waals surface area contributed by atoms with Gasteiger partial charge < -0.3 is 5.73 Å². The SMILES string of the molecule is CCCc1nc(C(CN)C(C)C)cs1. The van der Waals surface area contributed by atoms with Crippen LogP contribution in [0.25, 0.3) is 0 Å². The van der Waals surface area contributed by atoms with Crippen molar-refractivity contribution in [3.05, 3.63) is 16.1 Å². The maximum absolute atomic E-state index is 5.75. The molecule has 0 bridgehead atoms. The van der Waals surface area contributed by atoms with Crippen molar-refractivity contribution in [2.45, 2.75) is 39.5 Å². The largest absolute Gasteiger partial charge is 0.330 e. The van der Waals surface area contributed by atoms with Gasteiger partial charge in [0.2, 0.25) is 0 Å². The van der Waals surface area contributed by atoms with Gasteiger partial charge >= 0.3 is 0 Å². The van der Waals surface area contributed by atoms with Crippen molar-refractivity contribution in [2.75, 3.05) is 6.54 Å². The third-order valence-corrected chi connectivity index (χ3v) is 3.40. The molecule has 14 heavy (non-hydrogen) atoms. The molecule has 0 fully saturated rings. The van der Waals surface area contributed by atoms with Gasteiger partial charge in [0, 0.05) is 17.8 Å². The first-order valence-corrected chi connectivity index (χ1v) is 6.21. The molecule has 1 heterocycles. The van der Waals surface area contributed by atoms with E-state index in [1.807, 2.05) is 0 Å². The van der Waals surface area contributed by atoms with Crippen molar-refractivity contribution in [3.8, 4) is 0 Å². The highest BCUT2D eigenvalue weighted by atomic mass is 32.1. The molecule has 80 valence electrons. The number of hydrogen-bond donors (Lipinski definition) is 1. The fourth-order valence-corrected chi connectivity index (χ4v) is 2.52. The number of aryl methyl sites for hydroxylation is 1. The highest BCUT2D eigenvalue weighted by Crippen LogP contribution is 2.25. The lowest BCUT2D eigenvalue weighted by molar-refractivity contribution is 0.497. The average molecular weight is 212 g/mol. The smallest absolute Gasteiger partial charge is 0.0928 e. The second kappa shape index (κ2) is 5.47. The van der Waals surface area contributed by atoms with Crippen LogP contribution in [0.1, 0.15) is 43.8 Å². The summed E-state index contributed by atoms with van der Waals surface area (Å²) in [6.07, 6.45) is 2.27. The van der Waals surface area contributed by atoms with Crippen LogP contribution in [-0.2, 0) is 6.42 Å². The fourth-order valence-electron chi connectivity index (χ4n) is 1.56. The highest BCUT2D eigenvalue weighted by Gasteiger charge is 2.16. The van der Waals surface area contributed by atoms with Crippen LogP contribution in [0.15, 0.2) is 5.38 Å². The van der Waals surface area contributed by atoms with Crippen LogP contribution in [0.4, 0.5) is 0 Å². The van der Waals surface area contributed by atoms with E-state index in [1.165, 1.54) is 17.1 Å². The minimum atomic E-state index is 0.428. The summed E-state index contributed by atoms with van der Waals surface area (Å²) in [6, 6.07) is 0. The number of aromatic nitrogens is 1. The van der Waals surface area contributed by atoms with E-state index in [9.17, 15) is 0 Å². The third kappa shape index (κ3) is 2.79. The number of nitrogens with two attached hydrogens (primary N) is 1. The molecule has 1 aromatic heterocycles. The lowest BCUT2D eigenvalue weighted by Gasteiger charge is -2.15. The first-order valence-electron chi connectivity index (χ1n) is 5.33. The summed E-state index contributed by atoms with van der Waals surface area (Å²) in [5, 5.41) is 3.42. The first-order chi connectivity index (χ1) is 6.69. The van der Waals surface area contributed by atoms with Gasteiger partial charge in [-0.15, -0.1) is 11.3 Å². The summed E-state index contributed by atoms with van der Waals surface area (Å²) in [7, 11) is 0. The van der Waals surface area contributed by atoms with Crippen molar-refractivity contribution >= 4 is 11.3 Å². The van der Waals surface area contributed by atoms with Crippen molar-refractivity contribution in [2.24, 2.45) is 11.7 Å². The fraction of sp³-hybridized carbons (Fsp3) is 0.727. The molecule has 0 aliphatic rings. The van der Waals surface area contributed by atoms with Crippen LogP contribution < -0.4 is 5.73 Å². The van der Waals surface area contributed by atoms with Crippen LogP contribution in [0.3, 0.4) is 0 Å².